The van der Waals surface area contributed by atoms with Gasteiger partial charge in [0.1, 0.15) is 5.75 Å². The molecule has 0 heterocycles. The number of hydrogen-bond acceptors (Lipinski definition) is 4. The SMILES string of the molecule is Cl.NCc1c(O)cccc1[N+](=O)[O-]. The third kappa shape index (κ3) is 2.30. The number of nitrogens with two attached hydrogens (primary N) is 1. The second-order valence-electron chi connectivity index (χ2n) is 2.24. The van der Waals surface area contributed by atoms with E-state index in [1.807, 2.05) is 0 Å². The lowest BCUT2D eigenvalue weighted by Crippen LogP contribution is -2.01. The topological polar surface area (TPSA) is 89.4 Å². The standard InChI is InChI=1S/C7H8N2O3.ClH/c8-4-5-6(9(11)12)2-1-3-7(5)10;/h1-3,10H,4,8H2;1H. The smallest absolute Gasteiger partial charge is 0.277 e. The minimum Gasteiger partial charge on any atom is -0.507 e. The summed E-state index contributed by atoms with van der Waals surface area (Å²) >= 11 is 0. The third-order valence-electron chi connectivity index (χ3n) is 1.53. The second-order valence-corrected chi connectivity index (χ2v) is 2.24. The summed E-state index contributed by atoms with van der Waals surface area (Å²) < 4.78 is 0. The quantitative estimate of drug-likeness (QED) is 0.559. The normalized spacial score (nSPS) is 9.00. The first-order valence-electron chi connectivity index (χ1n) is 3.32. The van der Waals surface area contributed by atoms with Crippen LogP contribution in [0.25, 0.3) is 0 Å². The van der Waals surface area contributed by atoms with E-state index in [1.165, 1.54) is 18.2 Å². The van der Waals surface area contributed by atoms with Gasteiger partial charge in [-0.3, -0.25) is 10.1 Å². The molecule has 1 aromatic carbocycles. The lowest BCUT2D eigenvalue weighted by Gasteiger charge is -2.00. The number of aromatic hydroxyl groups is 1. The zero-order valence-corrected chi connectivity index (χ0v) is 7.45. The van der Waals surface area contributed by atoms with Crippen molar-refractivity contribution in [1.82, 2.24) is 0 Å². The Morgan fingerprint density at radius 2 is 2.15 bits per heavy atom. The lowest BCUT2D eigenvalue weighted by atomic mass is 10.1. The Kier molecular flexibility index (Phi) is 4.16. The Labute approximate surface area is 80.7 Å². The molecule has 0 aliphatic heterocycles. The molecule has 0 fully saturated rings. The van der Waals surface area contributed by atoms with Gasteiger partial charge in [0.15, 0.2) is 0 Å². The first-order valence-corrected chi connectivity index (χ1v) is 3.32. The van der Waals surface area contributed by atoms with Gasteiger partial charge in [-0.25, -0.2) is 0 Å². The van der Waals surface area contributed by atoms with Gasteiger partial charge in [0.2, 0.25) is 0 Å². The van der Waals surface area contributed by atoms with Crippen molar-refractivity contribution in [2.24, 2.45) is 5.73 Å². The number of halogens is 1. The van der Waals surface area contributed by atoms with Crippen molar-refractivity contribution in [1.29, 1.82) is 0 Å². The molecule has 6 heteroatoms. The molecular formula is C7H9ClN2O3. The molecular weight excluding hydrogens is 196 g/mol. The van der Waals surface area contributed by atoms with Gasteiger partial charge in [-0.05, 0) is 6.07 Å². The van der Waals surface area contributed by atoms with Crippen LogP contribution in [0, 0.1) is 10.1 Å². The Morgan fingerprint density at radius 3 is 2.54 bits per heavy atom. The first-order chi connectivity index (χ1) is 5.66. The molecule has 0 radical (unpaired) electrons. The van der Waals surface area contributed by atoms with Gasteiger partial charge >= 0.3 is 0 Å². The molecule has 1 rings (SSSR count). The van der Waals surface area contributed by atoms with Gasteiger partial charge in [-0.2, -0.15) is 0 Å². The summed E-state index contributed by atoms with van der Waals surface area (Å²) in [6.45, 7) is -0.0387. The average molecular weight is 205 g/mol. The van der Waals surface area contributed by atoms with Gasteiger partial charge in [0.25, 0.3) is 5.69 Å². The fraction of sp³-hybridized carbons (Fsp3) is 0.143. The van der Waals surface area contributed by atoms with Crippen LogP contribution in [-0.2, 0) is 6.54 Å². The van der Waals surface area contributed by atoms with Crippen LogP contribution in [0.3, 0.4) is 0 Å². The average Bonchev–Trinajstić information content (AvgIpc) is 2.03. The van der Waals surface area contributed by atoms with Crippen LogP contribution in [0.5, 0.6) is 5.75 Å². The maximum absolute atomic E-state index is 10.4. The lowest BCUT2D eigenvalue weighted by molar-refractivity contribution is -0.385. The van der Waals surface area contributed by atoms with E-state index in [0.717, 1.165) is 0 Å². The van der Waals surface area contributed by atoms with Gasteiger partial charge < -0.3 is 10.8 Å². The highest BCUT2D eigenvalue weighted by atomic mass is 35.5. The Hall–Kier alpha value is -1.33. The van der Waals surface area contributed by atoms with E-state index in [1.54, 1.807) is 0 Å². The minimum absolute atomic E-state index is 0. The number of nitro benzene ring substituents is 1. The molecule has 1 aromatic rings. The Morgan fingerprint density at radius 1 is 1.54 bits per heavy atom. The highest BCUT2D eigenvalue weighted by molar-refractivity contribution is 5.85. The number of benzene rings is 1. The summed E-state index contributed by atoms with van der Waals surface area (Å²) in [6.07, 6.45) is 0. The molecule has 0 aliphatic carbocycles. The number of phenolic OH excluding ortho intramolecular Hbond substituents is 1. The molecule has 3 N–H and O–H groups in total. The Bertz CT molecular complexity index is 317. The summed E-state index contributed by atoms with van der Waals surface area (Å²) in [4.78, 5) is 9.80. The summed E-state index contributed by atoms with van der Waals surface area (Å²) in [5.41, 5.74) is 5.25. The van der Waals surface area contributed by atoms with E-state index in [-0.39, 0.29) is 36.0 Å². The first kappa shape index (κ1) is 11.7. The van der Waals surface area contributed by atoms with Crippen LogP contribution in [0.2, 0.25) is 0 Å². The maximum Gasteiger partial charge on any atom is 0.277 e. The van der Waals surface area contributed by atoms with E-state index in [9.17, 15) is 10.1 Å². The van der Waals surface area contributed by atoms with Crippen molar-refractivity contribution in [3.8, 4) is 5.75 Å². The fourth-order valence-corrected chi connectivity index (χ4v) is 0.943. The fourth-order valence-electron chi connectivity index (χ4n) is 0.943. The molecule has 0 atom stereocenters. The van der Waals surface area contributed by atoms with E-state index >= 15 is 0 Å². The van der Waals surface area contributed by atoms with Crippen LogP contribution in [0.15, 0.2) is 18.2 Å². The number of phenols is 1. The van der Waals surface area contributed by atoms with Crippen molar-refractivity contribution < 1.29 is 10.0 Å². The van der Waals surface area contributed by atoms with Gasteiger partial charge in [0.05, 0.1) is 10.5 Å². The summed E-state index contributed by atoms with van der Waals surface area (Å²) in [5.74, 6) is -0.133. The van der Waals surface area contributed by atoms with E-state index in [0.29, 0.717) is 0 Å². The predicted octanol–water partition coefficient (Wildman–Crippen LogP) is 1.18. The van der Waals surface area contributed by atoms with Crippen molar-refractivity contribution in [3.63, 3.8) is 0 Å². The van der Waals surface area contributed by atoms with Crippen molar-refractivity contribution in [2.45, 2.75) is 6.54 Å². The number of rotatable bonds is 2. The summed E-state index contributed by atoms with van der Waals surface area (Å²) in [6, 6.07) is 4.09. The molecule has 0 aromatic heterocycles. The van der Waals surface area contributed by atoms with Crippen LogP contribution < -0.4 is 5.73 Å². The van der Waals surface area contributed by atoms with E-state index in [2.05, 4.69) is 0 Å². The van der Waals surface area contributed by atoms with Crippen molar-refractivity contribution in [2.75, 3.05) is 0 Å². The monoisotopic (exact) mass is 204 g/mol. The molecule has 0 bridgehead atoms. The molecule has 0 spiro atoms. The largest absolute Gasteiger partial charge is 0.507 e. The second kappa shape index (κ2) is 4.64. The van der Waals surface area contributed by atoms with Crippen LogP contribution in [0.4, 0.5) is 5.69 Å². The van der Waals surface area contributed by atoms with Gasteiger partial charge in [-0.15, -0.1) is 12.4 Å². The van der Waals surface area contributed by atoms with Crippen LogP contribution in [0.1, 0.15) is 5.56 Å². The summed E-state index contributed by atoms with van der Waals surface area (Å²) in [7, 11) is 0. The molecule has 0 saturated heterocycles. The number of hydrogen-bond donors (Lipinski definition) is 2. The minimum atomic E-state index is -0.568. The molecule has 72 valence electrons. The highest BCUT2D eigenvalue weighted by Gasteiger charge is 2.14. The van der Waals surface area contributed by atoms with Crippen LogP contribution in [-0.4, -0.2) is 10.0 Å². The molecule has 0 aliphatic rings. The number of nitro groups is 1. The van der Waals surface area contributed by atoms with E-state index in [4.69, 9.17) is 10.8 Å². The maximum atomic E-state index is 10.4. The Balaban J connectivity index is 0.00000144. The predicted molar refractivity (Wildman–Crippen MR) is 49.9 cm³/mol. The summed E-state index contributed by atoms with van der Waals surface area (Å²) in [5, 5.41) is 19.5. The third-order valence-corrected chi connectivity index (χ3v) is 1.53. The van der Waals surface area contributed by atoms with Crippen LogP contribution >= 0.6 is 12.4 Å². The van der Waals surface area contributed by atoms with Gasteiger partial charge in [0, 0.05) is 12.6 Å². The van der Waals surface area contributed by atoms with E-state index < -0.39 is 4.92 Å². The number of nitrogens with zero attached hydrogens (tertiary/aromatic N) is 1. The zero-order valence-electron chi connectivity index (χ0n) is 6.64. The van der Waals surface area contributed by atoms with Crippen molar-refractivity contribution in [3.05, 3.63) is 33.9 Å². The molecule has 13 heavy (non-hydrogen) atoms. The highest BCUT2D eigenvalue weighted by Crippen LogP contribution is 2.25. The molecule has 5 nitrogen and oxygen atoms in total. The molecule has 0 unspecified atom stereocenters. The van der Waals surface area contributed by atoms with Crippen molar-refractivity contribution >= 4 is 18.1 Å². The molecule has 0 amide bonds. The zero-order chi connectivity index (χ0) is 9.14. The van der Waals surface area contributed by atoms with Gasteiger partial charge in [-0.1, -0.05) is 6.07 Å². The molecule has 0 saturated carbocycles.